The summed E-state index contributed by atoms with van der Waals surface area (Å²) in [5, 5.41) is 19.6. The molecule has 0 saturated heterocycles. The van der Waals surface area contributed by atoms with Gasteiger partial charge >= 0.3 is 0 Å². The maximum absolute atomic E-state index is 12.1. The van der Waals surface area contributed by atoms with Crippen molar-refractivity contribution in [3.63, 3.8) is 0 Å². The first-order valence-electron chi connectivity index (χ1n) is 6.34. The van der Waals surface area contributed by atoms with Crippen molar-refractivity contribution in [3.05, 3.63) is 30.0 Å². The van der Waals surface area contributed by atoms with Gasteiger partial charge in [-0.3, -0.25) is 9.89 Å². The molecule has 0 aliphatic heterocycles. The number of hydrogen-bond acceptors (Lipinski definition) is 3. The van der Waals surface area contributed by atoms with E-state index in [4.69, 9.17) is 5.11 Å². The standard InChI is InChI=1S/C14H19N3O2/c1-14(2,5-6-18)9-15-13(19)10-3-4-11-8-16-17-12(11)7-10/h3-4,7-8,18H,5-6,9H2,1-2H3,(H,15,19)(H,16,17). The molecular weight excluding hydrogens is 242 g/mol. The van der Waals surface area contributed by atoms with Gasteiger partial charge in [-0.05, 0) is 24.0 Å². The van der Waals surface area contributed by atoms with E-state index in [0.29, 0.717) is 18.5 Å². The Labute approximate surface area is 112 Å². The Balaban J connectivity index is 2.03. The van der Waals surface area contributed by atoms with Crippen molar-refractivity contribution in [2.45, 2.75) is 20.3 Å². The van der Waals surface area contributed by atoms with Gasteiger partial charge in [0.25, 0.3) is 5.91 Å². The van der Waals surface area contributed by atoms with Crippen molar-refractivity contribution in [2.24, 2.45) is 5.41 Å². The van der Waals surface area contributed by atoms with Gasteiger partial charge in [-0.2, -0.15) is 5.10 Å². The maximum atomic E-state index is 12.1. The predicted octanol–water partition coefficient (Wildman–Crippen LogP) is 1.70. The van der Waals surface area contributed by atoms with E-state index in [0.717, 1.165) is 10.9 Å². The van der Waals surface area contributed by atoms with E-state index in [9.17, 15) is 4.79 Å². The highest BCUT2D eigenvalue weighted by Gasteiger charge is 2.18. The Hall–Kier alpha value is -1.88. The smallest absolute Gasteiger partial charge is 0.251 e. The van der Waals surface area contributed by atoms with Gasteiger partial charge in [0, 0.05) is 24.1 Å². The maximum Gasteiger partial charge on any atom is 0.251 e. The van der Waals surface area contributed by atoms with Gasteiger partial charge in [-0.1, -0.05) is 19.9 Å². The number of aromatic amines is 1. The highest BCUT2D eigenvalue weighted by atomic mass is 16.3. The molecule has 0 aliphatic rings. The summed E-state index contributed by atoms with van der Waals surface area (Å²) < 4.78 is 0. The van der Waals surface area contributed by atoms with Crippen LogP contribution in [0.5, 0.6) is 0 Å². The summed E-state index contributed by atoms with van der Waals surface area (Å²) in [5.74, 6) is -0.109. The normalized spacial score (nSPS) is 11.7. The fourth-order valence-corrected chi connectivity index (χ4v) is 1.89. The molecule has 0 unspecified atom stereocenters. The predicted molar refractivity (Wildman–Crippen MR) is 73.9 cm³/mol. The molecule has 1 heterocycles. The minimum atomic E-state index is -0.109. The molecule has 5 heteroatoms. The largest absolute Gasteiger partial charge is 0.396 e. The zero-order chi connectivity index (χ0) is 13.9. The molecule has 0 atom stereocenters. The van der Waals surface area contributed by atoms with Gasteiger partial charge in [0.2, 0.25) is 0 Å². The van der Waals surface area contributed by atoms with Crippen molar-refractivity contribution < 1.29 is 9.90 Å². The number of hydrogen-bond donors (Lipinski definition) is 3. The van der Waals surface area contributed by atoms with Gasteiger partial charge in [-0.15, -0.1) is 0 Å². The number of benzene rings is 1. The molecule has 2 aromatic rings. The molecule has 3 N–H and O–H groups in total. The van der Waals surface area contributed by atoms with Crippen LogP contribution >= 0.6 is 0 Å². The van der Waals surface area contributed by atoms with Crippen LogP contribution in [0, 0.1) is 5.41 Å². The molecule has 0 spiro atoms. The van der Waals surface area contributed by atoms with Crippen LogP contribution in [0.2, 0.25) is 0 Å². The monoisotopic (exact) mass is 261 g/mol. The van der Waals surface area contributed by atoms with Crippen LogP contribution in [0.15, 0.2) is 24.4 Å². The van der Waals surface area contributed by atoms with E-state index in [2.05, 4.69) is 15.5 Å². The fourth-order valence-electron chi connectivity index (χ4n) is 1.89. The van der Waals surface area contributed by atoms with Crippen LogP contribution in [0.1, 0.15) is 30.6 Å². The zero-order valence-electron chi connectivity index (χ0n) is 11.2. The summed E-state index contributed by atoms with van der Waals surface area (Å²) in [6.07, 6.45) is 2.38. The van der Waals surface area contributed by atoms with Crippen molar-refractivity contribution in [3.8, 4) is 0 Å². The molecule has 1 amide bonds. The molecule has 0 bridgehead atoms. The van der Waals surface area contributed by atoms with Crippen molar-refractivity contribution in [1.82, 2.24) is 15.5 Å². The highest BCUT2D eigenvalue weighted by molar-refractivity contribution is 5.97. The second kappa shape index (κ2) is 5.40. The number of nitrogens with zero attached hydrogens (tertiary/aromatic N) is 1. The third-order valence-electron chi connectivity index (χ3n) is 3.22. The fraction of sp³-hybridized carbons (Fsp3) is 0.429. The Kier molecular flexibility index (Phi) is 3.85. The van der Waals surface area contributed by atoms with Gasteiger partial charge in [-0.25, -0.2) is 0 Å². The first-order valence-corrected chi connectivity index (χ1v) is 6.34. The molecule has 0 aliphatic carbocycles. The lowest BCUT2D eigenvalue weighted by Gasteiger charge is -2.23. The molecule has 5 nitrogen and oxygen atoms in total. The number of aliphatic hydroxyl groups excluding tert-OH is 1. The van der Waals surface area contributed by atoms with Crippen molar-refractivity contribution >= 4 is 16.8 Å². The van der Waals surface area contributed by atoms with Gasteiger partial charge in [0.1, 0.15) is 0 Å². The lowest BCUT2D eigenvalue weighted by molar-refractivity contribution is 0.0928. The Morgan fingerprint density at radius 3 is 3.00 bits per heavy atom. The van der Waals surface area contributed by atoms with Crippen LogP contribution in [0.25, 0.3) is 10.9 Å². The Bertz CT molecular complexity index is 575. The molecule has 1 aromatic heterocycles. The third-order valence-corrected chi connectivity index (χ3v) is 3.22. The summed E-state index contributed by atoms with van der Waals surface area (Å²) >= 11 is 0. The first kappa shape index (κ1) is 13.5. The molecule has 0 saturated carbocycles. The number of carbonyl (C=O) groups excluding carboxylic acids is 1. The lowest BCUT2D eigenvalue weighted by atomic mass is 9.89. The number of rotatable bonds is 5. The van der Waals surface area contributed by atoms with Gasteiger partial charge < -0.3 is 10.4 Å². The number of H-pyrrole nitrogens is 1. The van der Waals surface area contributed by atoms with Gasteiger partial charge in [0.15, 0.2) is 0 Å². The molecular formula is C14H19N3O2. The summed E-state index contributed by atoms with van der Waals surface area (Å²) in [6.45, 7) is 4.69. The minimum absolute atomic E-state index is 0.109. The minimum Gasteiger partial charge on any atom is -0.396 e. The lowest BCUT2D eigenvalue weighted by Crippen LogP contribution is -2.34. The first-order chi connectivity index (χ1) is 9.02. The summed E-state index contributed by atoms with van der Waals surface area (Å²) in [6, 6.07) is 5.44. The zero-order valence-corrected chi connectivity index (χ0v) is 11.2. The average molecular weight is 261 g/mol. The highest BCUT2D eigenvalue weighted by Crippen LogP contribution is 2.18. The van der Waals surface area contributed by atoms with Crippen molar-refractivity contribution in [2.75, 3.05) is 13.2 Å². The number of fused-ring (bicyclic) bond motifs is 1. The van der Waals surface area contributed by atoms with Crippen LogP contribution in [0.4, 0.5) is 0 Å². The summed E-state index contributed by atoms with van der Waals surface area (Å²) in [5.41, 5.74) is 1.35. The van der Waals surface area contributed by atoms with Crippen LogP contribution in [0.3, 0.4) is 0 Å². The molecule has 1 aromatic carbocycles. The van der Waals surface area contributed by atoms with E-state index in [1.165, 1.54) is 0 Å². The van der Waals surface area contributed by atoms with E-state index in [-0.39, 0.29) is 17.9 Å². The topological polar surface area (TPSA) is 78.0 Å². The Morgan fingerprint density at radius 2 is 2.26 bits per heavy atom. The second-order valence-corrected chi connectivity index (χ2v) is 5.49. The van der Waals surface area contributed by atoms with E-state index in [1.807, 2.05) is 19.9 Å². The summed E-state index contributed by atoms with van der Waals surface area (Å²) in [7, 11) is 0. The molecule has 19 heavy (non-hydrogen) atoms. The molecule has 102 valence electrons. The summed E-state index contributed by atoms with van der Waals surface area (Å²) in [4.78, 5) is 12.1. The van der Waals surface area contributed by atoms with Gasteiger partial charge in [0.05, 0.1) is 11.7 Å². The number of aliphatic hydroxyl groups is 1. The Morgan fingerprint density at radius 1 is 1.47 bits per heavy atom. The van der Waals surface area contributed by atoms with E-state index in [1.54, 1.807) is 18.3 Å². The number of carbonyl (C=O) groups is 1. The second-order valence-electron chi connectivity index (χ2n) is 5.49. The van der Waals surface area contributed by atoms with Crippen molar-refractivity contribution in [1.29, 1.82) is 0 Å². The van der Waals surface area contributed by atoms with Crippen LogP contribution < -0.4 is 5.32 Å². The van der Waals surface area contributed by atoms with Crippen LogP contribution in [-0.4, -0.2) is 34.4 Å². The number of aromatic nitrogens is 2. The van der Waals surface area contributed by atoms with Crippen LogP contribution in [-0.2, 0) is 0 Å². The van der Waals surface area contributed by atoms with E-state index < -0.39 is 0 Å². The molecule has 0 fully saturated rings. The van der Waals surface area contributed by atoms with E-state index >= 15 is 0 Å². The molecule has 2 rings (SSSR count). The average Bonchev–Trinajstić information content (AvgIpc) is 2.83. The number of amides is 1. The quantitative estimate of drug-likeness (QED) is 0.766. The third kappa shape index (κ3) is 3.32. The SMILES string of the molecule is CC(C)(CCO)CNC(=O)c1ccc2cn[nH]c2c1. The number of nitrogens with one attached hydrogen (secondary N) is 2. The molecule has 0 radical (unpaired) electrons.